The van der Waals surface area contributed by atoms with Crippen molar-refractivity contribution < 1.29 is 22.7 Å². The van der Waals surface area contributed by atoms with Gasteiger partial charge in [-0.1, -0.05) is 43.4 Å². The van der Waals surface area contributed by atoms with Gasteiger partial charge in [-0.05, 0) is 30.2 Å². The highest BCUT2D eigenvalue weighted by Crippen LogP contribution is 2.32. The van der Waals surface area contributed by atoms with Crippen molar-refractivity contribution in [2.75, 3.05) is 49.6 Å². The Bertz CT molecular complexity index is 1370. The zero-order chi connectivity index (χ0) is 28.0. The van der Waals surface area contributed by atoms with Crippen molar-refractivity contribution in [3.8, 4) is 0 Å². The Morgan fingerprint density at radius 1 is 1.03 bits per heavy atom. The first-order valence-electron chi connectivity index (χ1n) is 12.5. The van der Waals surface area contributed by atoms with Crippen LogP contribution in [0.1, 0.15) is 35.1 Å². The van der Waals surface area contributed by atoms with Gasteiger partial charge in [0, 0.05) is 50.8 Å². The van der Waals surface area contributed by atoms with Crippen LogP contribution in [0.3, 0.4) is 0 Å². The number of nitrogens with one attached hydrogen (secondary N) is 2. The van der Waals surface area contributed by atoms with Gasteiger partial charge in [-0.25, -0.2) is 13.4 Å². The molecule has 0 radical (unpaired) electrons. The van der Waals surface area contributed by atoms with E-state index in [9.17, 15) is 18.0 Å². The number of esters is 1. The zero-order valence-corrected chi connectivity index (χ0v) is 23.7. The molecule has 0 unspecified atom stereocenters. The van der Waals surface area contributed by atoms with Crippen molar-refractivity contribution in [1.82, 2.24) is 20.0 Å². The van der Waals surface area contributed by atoms with Gasteiger partial charge in [0.15, 0.2) is 5.13 Å². The average Bonchev–Trinajstić information content (AvgIpc) is 3.42. The van der Waals surface area contributed by atoms with E-state index in [0.717, 1.165) is 44.1 Å². The van der Waals surface area contributed by atoms with E-state index in [1.807, 2.05) is 26.0 Å². The topological polar surface area (TPSA) is 134 Å². The molecule has 39 heavy (non-hydrogen) atoms. The number of aromatic nitrogens is 2. The molecule has 1 fully saturated rings. The van der Waals surface area contributed by atoms with Crippen LogP contribution < -0.4 is 19.8 Å². The van der Waals surface area contributed by atoms with E-state index in [1.165, 1.54) is 23.5 Å². The Morgan fingerprint density at radius 3 is 2.28 bits per heavy atom. The van der Waals surface area contributed by atoms with Crippen molar-refractivity contribution in [2.45, 2.75) is 30.7 Å². The molecule has 4 rings (SSSR count). The van der Waals surface area contributed by atoms with Crippen molar-refractivity contribution in [2.24, 2.45) is 0 Å². The van der Waals surface area contributed by atoms with Crippen LogP contribution >= 0.6 is 11.3 Å². The number of anilines is 2. The molecule has 208 valence electrons. The molecular weight excluding hydrogens is 540 g/mol. The van der Waals surface area contributed by atoms with Crippen LogP contribution in [0, 0.1) is 0 Å². The maximum atomic E-state index is 13.3. The first kappa shape index (κ1) is 28.5. The minimum atomic E-state index is -4.01. The number of sulfonamides is 1. The Kier molecular flexibility index (Phi) is 9.15. The molecule has 0 bridgehead atoms. The molecule has 3 aromatic rings. The van der Waals surface area contributed by atoms with Gasteiger partial charge in [0.2, 0.25) is 10.0 Å². The standard InChI is InChI=1S/C26H32N6O5S2/c1-18(2)22-23(38-26(29-22)32-15-13-31(14-16-32)19-9-11-27-12-10-19)24(33)28-17-21(25(34)37-3)30-39(35,36)20-7-5-4-6-8-20/h4-12,18,21,30H,13-17H2,1-3H3,(H,28,33)/t21-/m0/s1. The summed E-state index contributed by atoms with van der Waals surface area (Å²) in [7, 11) is -2.85. The maximum absolute atomic E-state index is 13.3. The number of methoxy groups -OCH3 is 1. The minimum absolute atomic E-state index is 0.00319. The van der Waals surface area contributed by atoms with Gasteiger partial charge in [-0.15, -0.1) is 0 Å². The fourth-order valence-corrected chi connectivity index (χ4v) is 6.56. The van der Waals surface area contributed by atoms with E-state index in [1.54, 1.807) is 30.6 Å². The Hall–Kier alpha value is -3.55. The molecule has 1 aromatic carbocycles. The number of amides is 1. The fraction of sp³-hybridized carbons (Fsp3) is 0.385. The van der Waals surface area contributed by atoms with Crippen LogP contribution in [-0.4, -0.2) is 76.1 Å². The minimum Gasteiger partial charge on any atom is -0.468 e. The maximum Gasteiger partial charge on any atom is 0.325 e. The largest absolute Gasteiger partial charge is 0.468 e. The monoisotopic (exact) mass is 572 g/mol. The first-order valence-corrected chi connectivity index (χ1v) is 14.8. The molecule has 0 spiro atoms. The number of benzene rings is 1. The van der Waals surface area contributed by atoms with E-state index in [2.05, 4.69) is 24.8 Å². The number of hydrogen-bond donors (Lipinski definition) is 2. The molecule has 1 aliphatic heterocycles. The lowest BCUT2D eigenvalue weighted by Crippen LogP contribution is -2.48. The third-order valence-electron chi connectivity index (χ3n) is 6.28. The summed E-state index contributed by atoms with van der Waals surface area (Å²) in [6.07, 6.45) is 3.55. The summed E-state index contributed by atoms with van der Waals surface area (Å²) >= 11 is 1.29. The number of carbonyl (C=O) groups excluding carboxylic acids is 2. The highest BCUT2D eigenvalue weighted by atomic mass is 32.2. The number of ether oxygens (including phenoxy) is 1. The van der Waals surface area contributed by atoms with Crippen LogP contribution in [0.5, 0.6) is 0 Å². The third kappa shape index (κ3) is 6.91. The molecule has 1 aliphatic rings. The summed E-state index contributed by atoms with van der Waals surface area (Å²) in [6, 6.07) is 10.3. The normalized spacial score (nSPS) is 14.8. The summed E-state index contributed by atoms with van der Waals surface area (Å²) in [5.74, 6) is -1.25. The van der Waals surface area contributed by atoms with Crippen LogP contribution in [0.15, 0.2) is 59.8 Å². The Morgan fingerprint density at radius 2 is 1.67 bits per heavy atom. The lowest BCUT2D eigenvalue weighted by Gasteiger charge is -2.35. The molecule has 1 saturated heterocycles. The Balaban J connectivity index is 1.44. The number of nitrogens with zero attached hydrogens (tertiary/aromatic N) is 4. The van der Waals surface area contributed by atoms with Gasteiger partial charge in [-0.2, -0.15) is 4.72 Å². The second-order valence-electron chi connectivity index (χ2n) is 9.27. The van der Waals surface area contributed by atoms with Crippen LogP contribution in [0.25, 0.3) is 0 Å². The van der Waals surface area contributed by atoms with Gasteiger partial charge in [0.05, 0.1) is 17.7 Å². The number of rotatable bonds is 10. The summed E-state index contributed by atoms with van der Waals surface area (Å²) < 4.78 is 32.6. The van der Waals surface area contributed by atoms with E-state index < -0.39 is 27.9 Å². The first-order chi connectivity index (χ1) is 18.7. The smallest absolute Gasteiger partial charge is 0.325 e. The van der Waals surface area contributed by atoms with Gasteiger partial charge in [0.1, 0.15) is 10.9 Å². The van der Waals surface area contributed by atoms with E-state index in [0.29, 0.717) is 10.6 Å². The third-order valence-corrected chi connectivity index (χ3v) is 8.89. The zero-order valence-electron chi connectivity index (χ0n) is 22.0. The number of carbonyl (C=O) groups is 2. The predicted molar refractivity (Wildman–Crippen MR) is 150 cm³/mol. The van der Waals surface area contributed by atoms with E-state index >= 15 is 0 Å². The molecular formula is C26H32N6O5S2. The summed E-state index contributed by atoms with van der Waals surface area (Å²) in [5, 5.41) is 3.46. The molecule has 1 atom stereocenters. The van der Waals surface area contributed by atoms with Gasteiger partial charge in [0.25, 0.3) is 5.91 Å². The average molecular weight is 573 g/mol. The van der Waals surface area contributed by atoms with E-state index in [4.69, 9.17) is 9.72 Å². The van der Waals surface area contributed by atoms with Gasteiger partial charge >= 0.3 is 5.97 Å². The number of hydrogen-bond acceptors (Lipinski definition) is 10. The van der Waals surface area contributed by atoms with Crippen molar-refractivity contribution in [3.63, 3.8) is 0 Å². The highest BCUT2D eigenvalue weighted by Gasteiger charge is 2.29. The van der Waals surface area contributed by atoms with Crippen molar-refractivity contribution in [3.05, 3.63) is 65.4 Å². The molecule has 11 nitrogen and oxygen atoms in total. The highest BCUT2D eigenvalue weighted by molar-refractivity contribution is 7.89. The van der Waals surface area contributed by atoms with Crippen LogP contribution in [0.4, 0.5) is 10.8 Å². The lowest BCUT2D eigenvalue weighted by atomic mass is 10.1. The predicted octanol–water partition coefficient (Wildman–Crippen LogP) is 2.24. The number of piperazine rings is 1. The SMILES string of the molecule is COC(=O)[C@H](CNC(=O)c1sc(N2CCN(c3ccncc3)CC2)nc1C(C)C)NS(=O)(=O)c1ccccc1. The number of pyridine rings is 1. The van der Waals surface area contributed by atoms with Crippen molar-refractivity contribution >= 4 is 44.1 Å². The summed E-state index contributed by atoms with van der Waals surface area (Å²) in [6.45, 7) is 6.76. The summed E-state index contributed by atoms with van der Waals surface area (Å²) in [4.78, 5) is 39.4. The van der Waals surface area contributed by atoms with Crippen LogP contribution in [0.2, 0.25) is 0 Å². The lowest BCUT2D eigenvalue weighted by molar-refractivity contribution is -0.142. The molecule has 2 aromatic heterocycles. The van der Waals surface area contributed by atoms with Gasteiger partial charge < -0.3 is 19.9 Å². The molecule has 0 aliphatic carbocycles. The summed E-state index contributed by atoms with van der Waals surface area (Å²) in [5.41, 5.74) is 1.78. The second kappa shape index (κ2) is 12.5. The quantitative estimate of drug-likeness (QED) is 0.351. The molecule has 3 heterocycles. The van der Waals surface area contributed by atoms with E-state index in [-0.39, 0.29) is 17.4 Å². The molecule has 0 saturated carbocycles. The molecule has 2 N–H and O–H groups in total. The molecule has 13 heteroatoms. The van der Waals surface area contributed by atoms with Crippen molar-refractivity contribution in [1.29, 1.82) is 0 Å². The Labute approximate surface area is 232 Å². The van der Waals surface area contributed by atoms with Crippen LogP contribution in [-0.2, 0) is 19.6 Å². The molecule has 1 amide bonds. The second-order valence-corrected chi connectivity index (χ2v) is 12.0. The number of thiazole rings is 1. The fourth-order valence-electron chi connectivity index (χ4n) is 4.17. The van der Waals surface area contributed by atoms with Gasteiger partial charge in [-0.3, -0.25) is 14.6 Å².